The van der Waals surface area contributed by atoms with Gasteiger partial charge in [0.2, 0.25) is 0 Å². The molecule has 1 aromatic rings. The van der Waals surface area contributed by atoms with E-state index < -0.39 is 0 Å². The van der Waals surface area contributed by atoms with E-state index in [4.69, 9.17) is 12.2 Å². The second-order valence-corrected chi connectivity index (χ2v) is 6.97. The quantitative estimate of drug-likeness (QED) is 0.824. The van der Waals surface area contributed by atoms with Crippen LogP contribution in [-0.4, -0.2) is 35.2 Å². The second kappa shape index (κ2) is 7.93. The third kappa shape index (κ3) is 4.68. The molecule has 2 N–H and O–H groups in total. The van der Waals surface area contributed by atoms with Gasteiger partial charge in [-0.15, -0.1) is 0 Å². The average molecular weight is 320 g/mol. The lowest BCUT2D eigenvalue weighted by molar-refractivity contribution is 0.116. The normalized spacial score (nSPS) is 20.5. The number of nitrogens with zero attached hydrogens (tertiary/aromatic N) is 1. The summed E-state index contributed by atoms with van der Waals surface area (Å²) < 4.78 is 0. The topological polar surface area (TPSA) is 27.3 Å². The molecule has 22 heavy (non-hydrogen) atoms. The van der Waals surface area contributed by atoms with Crippen molar-refractivity contribution < 1.29 is 0 Å². The first-order valence-corrected chi connectivity index (χ1v) is 8.76. The second-order valence-electron chi connectivity index (χ2n) is 6.57. The highest BCUT2D eigenvalue weighted by Crippen LogP contribution is 2.18. The van der Waals surface area contributed by atoms with Crippen LogP contribution in [0.1, 0.15) is 44.2 Å². The Morgan fingerprint density at radius 1 is 1.32 bits per heavy atom. The summed E-state index contributed by atoms with van der Waals surface area (Å²) in [6.07, 6.45) is 4.00. The maximum atomic E-state index is 5.42. The molecule has 1 fully saturated rings. The van der Waals surface area contributed by atoms with Gasteiger partial charge in [0.15, 0.2) is 5.11 Å². The van der Waals surface area contributed by atoms with Gasteiger partial charge >= 0.3 is 0 Å². The molecular weight excluding hydrogens is 290 g/mol. The van der Waals surface area contributed by atoms with Crippen LogP contribution in [0.25, 0.3) is 0 Å². The number of benzene rings is 1. The van der Waals surface area contributed by atoms with Gasteiger partial charge in [-0.1, -0.05) is 12.5 Å². The number of hydrogen-bond acceptors (Lipinski definition) is 2. The van der Waals surface area contributed by atoms with Crippen LogP contribution in [0.5, 0.6) is 0 Å². The lowest BCUT2D eigenvalue weighted by Gasteiger charge is -2.38. The van der Waals surface area contributed by atoms with Crippen molar-refractivity contribution in [3.05, 3.63) is 29.3 Å². The summed E-state index contributed by atoms with van der Waals surface area (Å²) in [6.45, 7) is 11.0. The predicted molar refractivity (Wildman–Crippen MR) is 99.6 cm³/mol. The van der Waals surface area contributed by atoms with Crippen molar-refractivity contribution >= 4 is 23.0 Å². The summed E-state index contributed by atoms with van der Waals surface area (Å²) in [5.41, 5.74) is 3.64. The molecular formula is C18H29N3S. The fraction of sp³-hybridized carbons (Fsp3) is 0.611. The Kier molecular flexibility index (Phi) is 6.21. The molecule has 0 spiro atoms. The highest BCUT2D eigenvalue weighted by Gasteiger charge is 2.22. The molecule has 1 aliphatic heterocycles. The highest BCUT2D eigenvalue weighted by molar-refractivity contribution is 7.80. The number of nitrogens with one attached hydrogen (secondary N) is 2. The molecule has 0 aromatic heterocycles. The number of hydrogen-bond donors (Lipinski definition) is 2. The van der Waals surface area contributed by atoms with Crippen LogP contribution in [0.3, 0.4) is 0 Å². The molecule has 1 aliphatic rings. The summed E-state index contributed by atoms with van der Waals surface area (Å²) in [7, 11) is 0. The van der Waals surface area contributed by atoms with Crippen LogP contribution < -0.4 is 10.6 Å². The molecule has 2 atom stereocenters. The van der Waals surface area contributed by atoms with E-state index >= 15 is 0 Å². The standard InChI is InChI=1S/C18H29N3S/c1-13-8-9-17(11-14(13)2)20-18(22)19-12-16(4)21-10-6-5-7-15(21)3/h8-9,11,15-16H,5-7,10,12H2,1-4H3,(H2,19,20,22). The van der Waals surface area contributed by atoms with E-state index in [2.05, 4.69) is 61.4 Å². The van der Waals surface area contributed by atoms with Crippen molar-refractivity contribution in [1.82, 2.24) is 10.2 Å². The molecule has 0 saturated carbocycles. The van der Waals surface area contributed by atoms with Gasteiger partial charge in [0.05, 0.1) is 0 Å². The van der Waals surface area contributed by atoms with Crippen LogP contribution in [0, 0.1) is 13.8 Å². The van der Waals surface area contributed by atoms with Crippen molar-refractivity contribution in [2.75, 3.05) is 18.4 Å². The first kappa shape index (κ1) is 17.2. The number of thiocarbonyl (C=S) groups is 1. The zero-order chi connectivity index (χ0) is 16.1. The van der Waals surface area contributed by atoms with Crippen molar-refractivity contribution in [1.29, 1.82) is 0 Å². The smallest absolute Gasteiger partial charge is 0.170 e. The average Bonchev–Trinajstić information content (AvgIpc) is 2.49. The molecule has 122 valence electrons. The summed E-state index contributed by atoms with van der Waals surface area (Å²) in [5.74, 6) is 0. The Bertz CT molecular complexity index is 515. The zero-order valence-electron chi connectivity index (χ0n) is 14.3. The fourth-order valence-corrected chi connectivity index (χ4v) is 3.33. The summed E-state index contributed by atoms with van der Waals surface area (Å²) in [4.78, 5) is 2.59. The van der Waals surface area contributed by atoms with Crippen molar-refractivity contribution in [3.63, 3.8) is 0 Å². The minimum Gasteiger partial charge on any atom is -0.361 e. The molecule has 1 aromatic carbocycles. The Labute approximate surface area is 140 Å². The van der Waals surface area contributed by atoms with E-state index in [0.717, 1.165) is 12.2 Å². The Morgan fingerprint density at radius 3 is 2.77 bits per heavy atom. The third-order valence-corrected chi connectivity index (χ3v) is 4.99. The van der Waals surface area contributed by atoms with Crippen LogP contribution >= 0.6 is 12.2 Å². The maximum absolute atomic E-state index is 5.42. The number of piperidine rings is 1. The monoisotopic (exact) mass is 319 g/mol. The highest BCUT2D eigenvalue weighted by atomic mass is 32.1. The number of anilines is 1. The number of aryl methyl sites for hydroxylation is 2. The van der Waals surface area contributed by atoms with Crippen molar-refractivity contribution in [2.24, 2.45) is 0 Å². The van der Waals surface area contributed by atoms with Gasteiger partial charge in [0.25, 0.3) is 0 Å². The van der Waals surface area contributed by atoms with E-state index in [1.165, 1.54) is 36.9 Å². The minimum absolute atomic E-state index is 0.509. The van der Waals surface area contributed by atoms with Gasteiger partial charge < -0.3 is 10.6 Å². The van der Waals surface area contributed by atoms with Gasteiger partial charge in [-0.05, 0) is 82.6 Å². The van der Waals surface area contributed by atoms with Crippen molar-refractivity contribution in [2.45, 2.75) is 59.0 Å². The summed E-state index contributed by atoms with van der Waals surface area (Å²) >= 11 is 5.42. The first-order chi connectivity index (χ1) is 10.5. The largest absolute Gasteiger partial charge is 0.361 e. The van der Waals surface area contributed by atoms with Crippen LogP contribution in [0.2, 0.25) is 0 Å². The van der Waals surface area contributed by atoms with E-state index in [-0.39, 0.29) is 0 Å². The lowest BCUT2D eigenvalue weighted by Crippen LogP contribution is -2.48. The van der Waals surface area contributed by atoms with E-state index in [9.17, 15) is 0 Å². The minimum atomic E-state index is 0.509. The Morgan fingerprint density at radius 2 is 2.09 bits per heavy atom. The molecule has 0 bridgehead atoms. The van der Waals surface area contributed by atoms with Gasteiger partial charge in [0.1, 0.15) is 0 Å². The fourth-order valence-electron chi connectivity index (χ4n) is 3.13. The Hall–Kier alpha value is -1.13. The number of likely N-dealkylation sites (tertiary alicyclic amines) is 1. The molecule has 1 saturated heterocycles. The SMILES string of the molecule is Cc1ccc(NC(=S)NCC(C)N2CCCCC2C)cc1C. The zero-order valence-corrected chi connectivity index (χ0v) is 15.1. The van der Waals surface area contributed by atoms with Crippen molar-refractivity contribution in [3.8, 4) is 0 Å². The molecule has 1 heterocycles. The van der Waals surface area contributed by atoms with Gasteiger partial charge in [-0.2, -0.15) is 0 Å². The molecule has 2 rings (SSSR count). The van der Waals surface area contributed by atoms with E-state index in [1.54, 1.807) is 0 Å². The summed E-state index contributed by atoms with van der Waals surface area (Å²) in [6, 6.07) is 7.53. The van der Waals surface area contributed by atoms with E-state index in [0.29, 0.717) is 17.2 Å². The van der Waals surface area contributed by atoms with Gasteiger partial charge in [-0.25, -0.2) is 0 Å². The van der Waals surface area contributed by atoms with E-state index in [1.807, 2.05) is 0 Å². The molecule has 0 aliphatic carbocycles. The van der Waals surface area contributed by atoms with Gasteiger partial charge in [0, 0.05) is 24.3 Å². The predicted octanol–water partition coefficient (Wildman–Crippen LogP) is 3.85. The molecule has 4 heteroatoms. The summed E-state index contributed by atoms with van der Waals surface area (Å²) in [5, 5.41) is 7.35. The van der Waals surface area contributed by atoms with Gasteiger partial charge in [-0.3, -0.25) is 4.90 Å². The molecule has 0 amide bonds. The first-order valence-electron chi connectivity index (χ1n) is 8.35. The van der Waals surface area contributed by atoms with Crippen LogP contribution in [-0.2, 0) is 0 Å². The van der Waals surface area contributed by atoms with Crippen LogP contribution in [0.15, 0.2) is 18.2 Å². The molecule has 3 nitrogen and oxygen atoms in total. The molecule has 2 unspecified atom stereocenters. The third-order valence-electron chi connectivity index (χ3n) is 4.74. The van der Waals surface area contributed by atoms with Crippen LogP contribution in [0.4, 0.5) is 5.69 Å². The lowest BCUT2D eigenvalue weighted by atomic mass is 10.0. The molecule has 0 radical (unpaired) electrons. The number of rotatable bonds is 4. The Balaban J connectivity index is 1.80. The maximum Gasteiger partial charge on any atom is 0.170 e.